The molecule has 0 spiro atoms. The minimum Gasteiger partial charge on any atom is -0.507 e. The molecule has 0 fully saturated rings. The van der Waals surface area contributed by atoms with Crippen molar-refractivity contribution in [2.75, 3.05) is 7.11 Å². The first-order valence-corrected chi connectivity index (χ1v) is 8.25. The van der Waals surface area contributed by atoms with Crippen LogP contribution in [0.1, 0.15) is 31.0 Å². The lowest BCUT2D eigenvalue weighted by Crippen LogP contribution is -3.00. The van der Waals surface area contributed by atoms with Gasteiger partial charge in [-0.05, 0) is 30.3 Å². The van der Waals surface area contributed by atoms with Gasteiger partial charge in [0.2, 0.25) is 0 Å². The van der Waals surface area contributed by atoms with E-state index in [4.69, 9.17) is 16.3 Å². The van der Waals surface area contributed by atoms with Gasteiger partial charge in [0.15, 0.2) is 5.66 Å². The van der Waals surface area contributed by atoms with Crippen LogP contribution < -0.4 is 15.4 Å². The van der Waals surface area contributed by atoms with Crippen molar-refractivity contribution in [2.24, 2.45) is 0 Å². The molecule has 4 N–H and O–H groups in total. The summed E-state index contributed by atoms with van der Waals surface area (Å²) in [5.41, 5.74) is 2.62. The Morgan fingerprint density at radius 3 is 2.75 bits per heavy atom. The van der Waals surface area contributed by atoms with Crippen LogP contribution in [0.25, 0.3) is 5.70 Å². The van der Waals surface area contributed by atoms with Gasteiger partial charge in [0, 0.05) is 36.2 Å². The summed E-state index contributed by atoms with van der Waals surface area (Å²) >= 11 is 6.12. The fourth-order valence-corrected chi connectivity index (χ4v) is 3.22. The van der Waals surface area contributed by atoms with Crippen LogP contribution in [0.4, 0.5) is 0 Å². The van der Waals surface area contributed by atoms with E-state index in [1.807, 2.05) is 30.3 Å². The molecule has 0 amide bonds. The number of methoxy groups -OCH3 is 1. The molecule has 126 valence electrons. The van der Waals surface area contributed by atoms with E-state index in [0.717, 1.165) is 22.6 Å². The number of nitrogens with one attached hydrogen (secondary N) is 1. The lowest BCUT2D eigenvalue weighted by Gasteiger charge is -2.35. The van der Waals surface area contributed by atoms with Crippen LogP contribution >= 0.6 is 11.6 Å². The summed E-state index contributed by atoms with van der Waals surface area (Å²) in [6.45, 7) is 4.21. The Labute approximate surface area is 147 Å². The maximum Gasteiger partial charge on any atom is 0.164 e. The van der Waals surface area contributed by atoms with Crippen LogP contribution in [0, 0.1) is 0 Å². The standard InChI is InChI=1S/C19H21ClN2O2/c1-19(2)21-16(12-5-4-6-14(9-12)24-3)11-17(22-19)15-10-13(20)7-8-18(15)23/h4-11,17,21-23H,1-3H3/p+1. The predicted molar refractivity (Wildman–Crippen MR) is 96.0 cm³/mol. The number of quaternary nitrogens is 1. The molecule has 1 atom stereocenters. The van der Waals surface area contributed by atoms with Crippen molar-refractivity contribution in [1.82, 2.24) is 5.32 Å². The molecular weight excluding hydrogens is 324 g/mol. The van der Waals surface area contributed by atoms with Crippen molar-refractivity contribution < 1.29 is 15.2 Å². The fraction of sp³-hybridized carbons (Fsp3) is 0.263. The van der Waals surface area contributed by atoms with E-state index in [1.165, 1.54) is 0 Å². The monoisotopic (exact) mass is 345 g/mol. The molecule has 1 aliphatic heterocycles. The summed E-state index contributed by atoms with van der Waals surface area (Å²) in [6.07, 6.45) is 2.10. The quantitative estimate of drug-likeness (QED) is 0.801. The zero-order chi connectivity index (χ0) is 17.3. The van der Waals surface area contributed by atoms with Crippen molar-refractivity contribution in [1.29, 1.82) is 0 Å². The Balaban J connectivity index is 2.05. The summed E-state index contributed by atoms with van der Waals surface area (Å²) < 4.78 is 5.32. The molecule has 1 aliphatic rings. The van der Waals surface area contributed by atoms with Gasteiger partial charge >= 0.3 is 0 Å². The van der Waals surface area contributed by atoms with E-state index in [-0.39, 0.29) is 17.5 Å². The zero-order valence-corrected chi connectivity index (χ0v) is 14.8. The maximum atomic E-state index is 10.2. The second-order valence-corrected chi connectivity index (χ2v) is 6.99. The minimum absolute atomic E-state index is 0.0406. The van der Waals surface area contributed by atoms with Gasteiger partial charge in [-0.3, -0.25) is 0 Å². The summed E-state index contributed by atoms with van der Waals surface area (Å²) in [7, 11) is 1.66. The summed E-state index contributed by atoms with van der Waals surface area (Å²) in [5.74, 6) is 1.06. The highest BCUT2D eigenvalue weighted by molar-refractivity contribution is 6.30. The van der Waals surface area contributed by atoms with Gasteiger partial charge in [0.05, 0.1) is 12.7 Å². The Bertz CT molecular complexity index is 787. The normalized spacial score (nSPS) is 19.3. The first-order chi connectivity index (χ1) is 11.4. The van der Waals surface area contributed by atoms with Gasteiger partial charge in [0.1, 0.15) is 17.5 Å². The molecular formula is C19H22ClN2O2+. The van der Waals surface area contributed by atoms with Gasteiger partial charge in [-0.25, -0.2) is 0 Å². The summed E-state index contributed by atoms with van der Waals surface area (Å²) in [4.78, 5) is 0. The van der Waals surface area contributed by atoms with E-state index in [9.17, 15) is 5.11 Å². The lowest BCUT2D eigenvalue weighted by atomic mass is 9.96. The molecule has 1 heterocycles. The highest BCUT2D eigenvalue weighted by atomic mass is 35.5. The van der Waals surface area contributed by atoms with Crippen molar-refractivity contribution >= 4 is 17.3 Å². The number of hydrogen-bond donors (Lipinski definition) is 3. The van der Waals surface area contributed by atoms with Crippen molar-refractivity contribution in [3.05, 3.63) is 64.7 Å². The van der Waals surface area contributed by atoms with E-state index in [1.54, 1.807) is 19.2 Å². The number of rotatable bonds is 3. The zero-order valence-electron chi connectivity index (χ0n) is 14.0. The Kier molecular flexibility index (Phi) is 4.43. The van der Waals surface area contributed by atoms with Gasteiger partial charge in [-0.2, -0.15) is 0 Å². The van der Waals surface area contributed by atoms with Crippen LogP contribution in [0.3, 0.4) is 0 Å². The van der Waals surface area contributed by atoms with E-state index in [0.29, 0.717) is 5.02 Å². The molecule has 3 rings (SSSR count). The van der Waals surface area contributed by atoms with Crippen LogP contribution in [-0.2, 0) is 0 Å². The first-order valence-electron chi connectivity index (χ1n) is 7.87. The Hall–Kier alpha value is -2.17. The van der Waals surface area contributed by atoms with Gasteiger partial charge in [-0.15, -0.1) is 0 Å². The second-order valence-electron chi connectivity index (χ2n) is 6.55. The van der Waals surface area contributed by atoms with Crippen LogP contribution in [0.5, 0.6) is 11.5 Å². The van der Waals surface area contributed by atoms with Crippen molar-refractivity contribution in [3.8, 4) is 11.5 Å². The second kappa shape index (κ2) is 6.38. The number of nitrogens with two attached hydrogens (primary N) is 1. The summed E-state index contributed by atoms with van der Waals surface area (Å²) in [6, 6.07) is 13.0. The number of hydrogen-bond acceptors (Lipinski definition) is 3. The van der Waals surface area contributed by atoms with Crippen molar-refractivity contribution in [2.45, 2.75) is 25.6 Å². The molecule has 0 saturated heterocycles. The van der Waals surface area contributed by atoms with Gasteiger partial charge in [-0.1, -0.05) is 23.7 Å². The average Bonchev–Trinajstić information content (AvgIpc) is 2.55. The molecule has 2 aromatic carbocycles. The Morgan fingerprint density at radius 1 is 1.21 bits per heavy atom. The first kappa shape index (κ1) is 16.7. The third-order valence-corrected chi connectivity index (χ3v) is 4.36. The molecule has 2 aromatic rings. The molecule has 5 heteroatoms. The molecule has 4 nitrogen and oxygen atoms in total. The van der Waals surface area contributed by atoms with Crippen LogP contribution in [-0.4, -0.2) is 17.9 Å². The highest BCUT2D eigenvalue weighted by Gasteiger charge is 2.33. The third-order valence-electron chi connectivity index (χ3n) is 4.13. The third kappa shape index (κ3) is 3.50. The smallest absolute Gasteiger partial charge is 0.164 e. The highest BCUT2D eigenvalue weighted by Crippen LogP contribution is 2.30. The lowest BCUT2D eigenvalue weighted by molar-refractivity contribution is -0.754. The van der Waals surface area contributed by atoms with Crippen LogP contribution in [0.2, 0.25) is 5.02 Å². The Morgan fingerprint density at radius 2 is 2.00 bits per heavy atom. The maximum absolute atomic E-state index is 10.2. The number of phenolic OH excluding ortho intramolecular Hbond substituents is 1. The predicted octanol–water partition coefficient (Wildman–Crippen LogP) is 3.04. The fourth-order valence-electron chi connectivity index (χ4n) is 3.04. The van der Waals surface area contributed by atoms with Gasteiger partial charge < -0.3 is 20.5 Å². The number of halogens is 1. The summed E-state index contributed by atoms with van der Waals surface area (Å²) in [5, 5.41) is 16.6. The molecule has 0 radical (unpaired) electrons. The van der Waals surface area contributed by atoms with Crippen molar-refractivity contribution in [3.63, 3.8) is 0 Å². The van der Waals surface area contributed by atoms with E-state index < -0.39 is 0 Å². The average molecular weight is 346 g/mol. The number of phenols is 1. The number of benzene rings is 2. The largest absolute Gasteiger partial charge is 0.507 e. The molecule has 24 heavy (non-hydrogen) atoms. The molecule has 1 unspecified atom stereocenters. The number of aromatic hydroxyl groups is 1. The molecule has 0 aromatic heterocycles. The number of ether oxygens (including phenoxy) is 1. The van der Waals surface area contributed by atoms with Gasteiger partial charge in [0.25, 0.3) is 0 Å². The molecule has 0 saturated carbocycles. The topological polar surface area (TPSA) is 58.1 Å². The van der Waals surface area contributed by atoms with E-state index in [2.05, 4.69) is 30.6 Å². The van der Waals surface area contributed by atoms with Crippen LogP contribution in [0.15, 0.2) is 48.5 Å². The molecule has 0 aliphatic carbocycles. The molecule has 0 bridgehead atoms. The van der Waals surface area contributed by atoms with E-state index >= 15 is 0 Å². The SMILES string of the molecule is COc1cccc(C2=CC(c3cc(Cl)ccc3O)[NH2+]C(C)(C)N2)c1. The minimum atomic E-state index is -0.230.